The lowest BCUT2D eigenvalue weighted by molar-refractivity contribution is 0.0927. The molecule has 1 unspecified atom stereocenters. The van der Waals surface area contributed by atoms with Crippen LogP contribution in [0.15, 0.2) is 29.2 Å². The SMILES string of the molecule is O=C(NC1CCCCC1)c1ccc(S(=O)(=O)NCC2CCCO2)cc1. The summed E-state index contributed by atoms with van der Waals surface area (Å²) in [5.41, 5.74) is 0.489. The van der Waals surface area contributed by atoms with E-state index >= 15 is 0 Å². The van der Waals surface area contributed by atoms with Crippen molar-refractivity contribution in [3.8, 4) is 0 Å². The quantitative estimate of drug-likeness (QED) is 0.808. The van der Waals surface area contributed by atoms with Gasteiger partial charge < -0.3 is 10.1 Å². The van der Waals surface area contributed by atoms with Gasteiger partial charge in [0, 0.05) is 24.8 Å². The van der Waals surface area contributed by atoms with E-state index in [4.69, 9.17) is 4.74 Å². The second-order valence-corrected chi connectivity index (χ2v) is 8.59. The Bertz CT molecular complexity index is 676. The fourth-order valence-electron chi connectivity index (χ4n) is 3.39. The number of hydrogen-bond acceptors (Lipinski definition) is 4. The molecule has 2 N–H and O–H groups in total. The molecule has 1 aliphatic carbocycles. The number of rotatable bonds is 6. The van der Waals surface area contributed by atoms with Crippen molar-refractivity contribution in [2.75, 3.05) is 13.2 Å². The molecular weight excluding hydrogens is 340 g/mol. The van der Waals surface area contributed by atoms with Gasteiger partial charge in [-0.2, -0.15) is 0 Å². The maximum atomic E-state index is 12.3. The highest BCUT2D eigenvalue weighted by Crippen LogP contribution is 2.18. The number of carbonyl (C=O) groups excluding carboxylic acids is 1. The lowest BCUT2D eigenvalue weighted by Gasteiger charge is -2.22. The Labute approximate surface area is 149 Å². The summed E-state index contributed by atoms with van der Waals surface area (Å²) < 4.78 is 32.6. The van der Waals surface area contributed by atoms with Gasteiger partial charge in [-0.15, -0.1) is 0 Å². The van der Waals surface area contributed by atoms with E-state index in [1.54, 1.807) is 12.1 Å². The van der Waals surface area contributed by atoms with Crippen LogP contribution in [0.3, 0.4) is 0 Å². The van der Waals surface area contributed by atoms with E-state index in [0.29, 0.717) is 12.2 Å². The highest BCUT2D eigenvalue weighted by molar-refractivity contribution is 7.89. The number of nitrogens with one attached hydrogen (secondary N) is 2. The van der Waals surface area contributed by atoms with Crippen molar-refractivity contribution in [3.63, 3.8) is 0 Å². The molecule has 0 aromatic heterocycles. The van der Waals surface area contributed by atoms with Gasteiger partial charge in [0.1, 0.15) is 0 Å². The van der Waals surface area contributed by atoms with Crippen molar-refractivity contribution in [3.05, 3.63) is 29.8 Å². The fourth-order valence-corrected chi connectivity index (χ4v) is 4.46. The highest BCUT2D eigenvalue weighted by Gasteiger charge is 2.21. The van der Waals surface area contributed by atoms with E-state index in [0.717, 1.165) is 38.5 Å². The first-order chi connectivity index (χ1) is 12.0. The molecule has 2 fully saturated rings. The standard InChI is InChI=1S/C18H26N2O4S/c21-18(20-15-5-2-1-3-6-15)14-8-10-17(11-9-14)25(22,23)19-13-16-7-4-12-24-16/h8-11,15-16,19H,1-7,12-13H2,(H,20,21). The Morgan fingerprint density at radius 2 is 1.76 bits per heavy atom. The molecule has 6 nitrogen and oxygen atoms in total. The van der Waals surface area contributed by atoms with E-state index in [9.17, 15) is 13.2 Å². The van der Waals surface area contributed by atoms with Crippen LogP contribution >= 0.6 is 0 Å². The molecule has 0 bridgehead atoms. The van der Waals surface area contributed by atoms with Crippen LogP contribution in [-0.2, 0) is 14.8 Å². The Morgan fingerprint density at radius 1 is 1.04 bits per heavy atom. The number of ether oxygens (including phenoxy) is 1. The summed E-state index contributed by atoms with van der Waals surface area (Å²) in [5.74, 6) is -0.136. The molecule has 1 aliphatic heterocycles. The van der Waals surface area contributed by atoms with Crippen molar-refractivity contribution in [2.24, 2.45) is 0 Å². The van der Waals surface area contributed by atoms with Crippen LogP contribution in [0.4, 0.5) is 0 Å². The minimum Gasteiger partial charge on any atom is -0.377 e. The average molecular weight is 366 g/mol. The number of benzene rings is 1. The fraction of sp³-hybridized carbons (Fsp3) is 0.611. The second-order valence-electron chi connectivity index (χ2n) is 6.82. The van der Waals surface area contributed by atoms with Crippen molar-refractivity contribution < 1.29 is 17.9 Å². The monoisotopic (exact) mass is 366 g/mol. The molecular formula is C18H26N2O4S. The van der Waals surface area contributed by atoms with E-state index in [2.05, 4.69) is 10.0 Å². The summed E-state index contributed by atoms with van der Waals surface area (Å²) in [7, 11) is -3.58. The Balaban J connectivity index is 1.57. The van der Waals surface area contributed by atoms with Gasteiger partial charge in [0.15, 0.2) is 0 Å². The van der Waals surface area contributed by atoms with Gasteiger partial charge >= 0.3 is 0 Å². The molecule has 2 aliphatic rings. The lowest BCUT2D eigenvalue weighted by atomic mass is 9.95. The smallest absolute Gasteiger partial charge is 0.251 e. The highest BCUT2D eigenvalue weighted by atomic mass is 32.2. The number of amides is 1. The van der Waals surface area contributed by atoms with Gasteiger partial charge in [0.05, 0.1) is 11.0 Å². The Hall–Kier alpha value is -1.44. The molecule has 1 saturated carbocycles. The maximum absolute atomic E-state index is 12.3. The van der Waals surface area contributed by atoms with Crippen LogP contribution in [-0.4, -0.2) is 39.6 Å². The third kappa shape index (κ3) is 5.03. The van der Waals surface area contributed by atoms with Crippen LogP contribution in [0.2, 0.25) is 0 Å². The van der Waals surface area contributed by atoms with E-state index in [-0.39, 0.29) is 29.5 Å². The summed E-state index contributed by atoms with van der Waals surface area (Å²) >= 11 is 0. The first-order valence-electron chi connectivity index (χ1n) is 9.07. The molecule has 1 saturated heterocycles. The Morgan fingerprint density at radius 3 is 2.40 bits per heavy atom. The van der Waals surface area contributed by atoms with Crippen molar-refractivity contribution >= 4 is 15.9 Å². The molecule has 1 aromatic carbocycles. The minimum absolute atomic E-state index is 0.0460. The summed E-state index contributed by atoms with van der Waals surface area (Å²) in [6, 6.07) is 6.33. The largest absolute Gasteiger partial charge is 0.377 e. The zero-order valence-electron chi connectivity index (χ0n) is 14.4. The van der Waals surface area contributed by atoms with Crippen LogP contribution in [0.25, 0.3) is 0 Å². The zero-order chi connectivity index (χ0) is 17.7. The van der Waals surface area contributed by atoms with Gasteiger partial charge in [-0.3, -0.25) is 4.79 Å². The first-order valence-corrected chi connectivity index (χ1v) is 10.5. The van der Waals surface area contributed by atoms with Gasteiger partial charge in [0.2, 0.25) is 10.0 Å². The van der Waals surface area contributed by atoms with Gasteiger partial charge in [-0.1, -0.05) is 19.3 Å². The maximum Gasteiger partial charge on any atom is 0.251 e. The molecule has 25 heavy (non-hydrogen) atoms. The van der Waals surface area contributed by atoms with E-state index < -0.39 is 10.0 Å². The van der Waals surface area contributed by atoms with Crippen LogP contribution in [0, 0.1) is 0 Å². The van der Waals surface area contributed by atoms with Crippen LogP contribution in [0.1, 0.15) is 55.3 Å². The van der Waals surface area contributed by atoms with Gasteiger partial charge in [-0.25, -0.2) is 13.1 Å². The topological polar surface area (TPSA) is 84.5 Å². The molecule has 1 atom stereocenters. The third-order valence-electron chi connectivity index (χ3n) is 4.89. The van der Waals surface area contributed by atoms with Crippen molar-refractivity contribution in [1.82, 2.24) is 10.0 Å². The summed E-state index contributed by atoms with van der Waals surface area (Å²) in [6.45, 7) is 0.976. The second kappa shape index (κ2) is 8.29. The number of carbonyl (C=O) groups is 1. The first kappa shape index (κ1) is 18.4. The molecule has 7 heteroatoms. The molecule has 1 heterocycles. The predicted molar refractivity (Wildman–Crippen MR) is 94.9 cm³/mol. The van der Waals surface area contributed by atoms with Gasteiger partial charge in [-0.05, 0) is 49.9 Å². The molecule has 3 rings (SSSR count). The summed E-state index contributed by atoms with van der Waals surface area (Å²) in [5, 5.41) is 3.04. The predicted octanol–water partition coefficient (Wildman–Crippen LogP) is 2.21. The molecule has 1 amide bonds. The van der Waals surface area contributed by atoms with Crippen LogP contribution in [0.5, 0.6) is 0 Å². The Kier molecular flexibility index (Phi) is 6.09. The molecule has 0 radical (unpaired) electrons. The molecule has 1 aromatic rings. The van der Waals surface area contributed by atoms with Gasteiger partial charge in [0.25, 0.3) is 5.91 Å². The van der Waals surface area contributed by atoms with Crippen molar-refractivity contribution in [1.29, 1.82) is 0 Å². The minimum atomic E-state index is -3.58. The normalized spacial score (nSPS) is 22.0. The third-order valence-corrected chi connectivity index (χ3v) is 6.33. The number of sulfonamides is 1. The summed E-state index contributed by atoms with van der Waals surface area (Å²) in [4.78, 5) is 12.4. The molecule has 138 valence electrons. The van der Waals surface area contributed by atoms with E-state index in [1.807, 2.05) is 0 Å². The number of hydrogen-bond donors (Lipinski definition) is 2. The zero-order valence-corrected chi connectivity index (χ0v) is 15.2. The van der Waals surface area contributed by atoms with E-state index in [1.165, 1.54) is 18.6 Å². The van der Waals surface area contributed by atoms with Crippen molar-refractivity contribution in [2.45, 2.75) is 62.0 Å². The average Bonchev–Trinajstić information content (AvgIpc) is 3.15. The van der Waals surface area contributed by atoms with Crippen LogP contribution < -0.4 is 10.0 Å². The summed E-state index contributed by atoms with van der Waals surface area (Å²) in [6.07, 6.45) is 7.38. The molecule has 0 spiro atoms. The lowest BCUT2D eigenvalue weighted by Crippen LogP contribution is -2.36.